The molecule has 110 valence electrons. The largest absolute Gasteiger partial charge is 0.395 e. The molecule has 20 heavy (non-hydrogen) atoms. The summed E-state index contributed by atoms with van der Waals surface area (Å²) >= 11 is 0. The third-order valence-electron chi connectivity index (χ3n) is 2.75. The number of amides is 2. The maximum atomic E-state index is 11.7. The lowest BCUT2D eigenvalue weighted by molar-refractivity contribution is -0.116. The average molecular weight is 278 g/mol. The molecule has 0 bridgehead atoms. The second-order valence-electron chi connectivity index (χ2n) is 5.16. The smallest absolute Gasteiger partial charge is 0.251 e. The minimum Gasteiger partial charge on any atom is -0.395 e. The molecular formula is C15H22N2O3. The van der Waals surface area contributed by atoms with Crippen molar-refractivity contribution in [2.24, 2.45) is 5.92 Å². The van der Waals surface area contributed by atoms with E-state index in [-0.39, 0.29) is 25.0 Å². The van der Waals surface area contributed by atoms with Crippen molar-refractivity contribution in [1.29, 1.82) is 0 Å². The van der Waals surface area contributed by atoms with Gasteiger partial charge < -0.3 is 15.7 Å². The first-order valence-electron chi connectivity index (χ1n) is 6.73. The number of anilines is 1. The Labute approximate surface area is 119 Å². The monoisotopic (exact) mass is 278 g/mol. The molecule has 0 saturated heterocycles. The first-order valence-corrected chi connectivity index (χ1v) is 6.73. The van der Waals surface area contributed by atoms with E-state index < -0.39 is 0 Å². The molecule has 1 rings (SSSR count). The molecule has 5 nitrogen and oxygen atoms in total. The van der Waals surface area contributed by atoms with E-state index in [1.54, 1.807) is 18.2 Å². The van der Waals surface area contributed by atoms with Crippen molar-refractivity contribution >= 4 is 17.5 Å². The first-order chi connectivity index (χ1) is 9.43. The Balaban J connectivity index is 2.73. The van der Waals surface area contributed by atoms with Crippen LogP contribution in [0.3, 0.4) is 0 Å². The highest BCUT2D eigenvalue weighted by Crippen LogP contribution is 2.17. The molecule has 0 fully saturated rings. The summed E-state index contributed by atoms with van der Waals surface area (Å²) in [4.78, 5) is 23.4. The summed E-state index contributed by atoms with van der Waals surface area (Å²) in [6.07, 6.45) is 0.470. The maximum absolute atomic E-state index is 11.7. The van der Waals surface area contributed by atoms with E-state index in [0.717, 1.165) is 5.56 Å². The van der Waals surface area contributed by atoms with Gasteiger partial charge in [0.25, 0.3) is 5.91 Å². The van der Waals surface area contributed by atoms with Crippen molar-refractivity contribution in [1.82, 2.24) is 5.32 Å². The van der Waals surface area contributed by atoms with Gasteiger partial charge in [-0.1, -0.05) is 13.8 Å². The van der Waals surface area contributed by atoms with Crippen LogP contribution in [0.15, 0.2) is 18.2 Å². The standard InChI is InChI=1S/C15H22N2O3/c1-10(2)8-14(19)17-13-5-4-12(9-11(13)3)15(20)16-6-7-18/h4-5,9-10,18H,6-8H2,1-3H3,(H,16,20)(H,17,19). The van der Waals surface area contributed by atoms with Gasteiger partial charge in [-0.2, -0.15) is 0 Å². The highest BCUT2D eigenvalue weighted by molar-refractivity contribution is 5.96. The molecule has 0 heterocycles. The van der Waals surface area contributed by atoms with Crippen LogP contribution < -0.4 is 10.6 Å². The fourth-order valence-electron chi connectivity index (χ4n) is 1.79. The Hall–Kier alpha value is -1.88. The Bertz CT molecular complexity index is 484. The molecule has 3 N–H and O–H groups in total. The lowest BCUT2D eigenvalue weighted by Crippen LogP contribution is -2.26. The lowest BCUT2D eigenvalue weighted by atomic mass is 10.1. The highest BCUT2D eigenvalue weighted by Gasteiger charge is 2.10. The molecular weight excluding hydrogens is 256 g/mol. The van der Waals surface area contributed by atoms with Crippen LogP contribution >= 0.6 is 0 Å². The molecule has 0 aliphatic rings. The molecule has 0 aliphatic heterocycles. The van der Waals surface area contributed by atoms with Crippen LogP contribution in [-0.4, -0.2) is 30.1 Å². The zero-order chi connectivity index (χ0) is 15.1. The van der Waals surface area contributed by atoms with Crippen molar-refractivity contribution in [2.75, 3.05) is 18.5 Å². The topological polar surface area (TPSA) is 78.4 Å². The van der Waals surface area contributed by atoms with Gasteiger partial charge in [-0.15, -0.1) is 0 Å². The zero-order valence-corrected chi connectivity index (χ0v) is 12.2. The second kappa shape index (κ2) is 7.65. The SMILES string of the molecule is Cc1cc(C(=O)NCCO)ccc1NC(=O)CC(C)C. The highest BCUT2D eigenvalue weighted by atomic mass is 16.3. The first kappa shape index (κ1) is 16.2. The number of carbonyl (C=O) groups is 2. The Kier molecular flexibility index (Phi) is 6.18. The van der Waals surface area contributed by atoms with Crippen LogP contribution in [0.25, 0.3) is 0 Å². The van der Waals surface area contributed by atoms with E-state index in [9.17, 15) is 9.59 Å². The number of aliphatic hydroxyl groups is 1. The molecule has 0 aromatic heterocycles. The molecule has 2 amide bonds. The van der Waals surface area contributed by atoms with Gasteiger partial charge in [0, 0.05) is 24.2 Å². The van der Waals surface area contributed by atoms with Crippen LogP contribution in [0.4, 0.5) is 5.69 Å². The quantitative estimate of drug-likeness (QED) is 0.741. The van der Waals surface area contributed by atoms with E-state index in [1.807, 2.05) is 20.8 Å². The number of benzene rings is 1. The molecule has 1 aromatic rings. The van der Waals surface area contributed by atoms with Crippen molar-refractivity contribution in [3.05, 3.63) is 29.3 Å². The van der Waals surface area contributed by atoms with Crippen LogP contribution in [0.2, 0.25) is 0 Å². The molecule has 1 aromatic carbocycles. The molecule has 0 unspecified atom stereocenters. The maximum Gasteiger partial charge on any atom is 0.251 e. The Morgan fingerprint density at radius 3 is 2.55 bits per heavy atom. The predicted octanol–water partition coefficient (Wildman–Crippen LogP) is 1.70. The average Bonchev–Trinajstić information content (AvgIpc) is 2.37. The number of rotatable bonds is 6. The Morgan fingerprint density at radius 2 is 2.00 bits per heavy atom. The third kappa shape index (κ3) is 5.01. The molecule has 0 atom stereocenters. The summed E-state index contributed by atoms with van der Waals surface area (Å²) in [6.45, 7) is 5.95. The predicted molar refractivity (Wildman–Crippen MR) is 78.7 cm³/mol. The van der Waals surface area contributed by atoms with Gasteiger partial charge >= 0.3 is 0 Å². The summed E-state index contributed by atoms with van der Waals surface area (Å²) in [5.41, 5.74) is 2.06. The van der Waals surface area contributed by atoms with Gasteiger partial charge in [0.15, 0.2) is 0 Å². The van der Waals surface area contributed by atoms with Crippen molar-refractivity contribution in [3.8, 4) is 0 Å². The number of hydrogen-bond donors (Lipinski definition) is 3. The van der Waals surface area contributed by atoms with E-state index in [4.69, 9.17) is 5.11 Å². The number of aliphatic hydroxyl groups excluding tert-OH is 1. The van der Waals surface area contributed by atoms with Gasteiger partial charge in [-0.25, -0.2) is 0 Å². The van der Waals surface area contributed by atoms with Gasteiger partial charge in [-0.05, 0) is 36.6 Å². The number of carbonyl (C=O) groups excluding carboxylic acids is 2. The van der Waals surface area contributed by atoms with E-state index in [1.165, 1.54) is 0 Å². The summed E-state index contributed by atoms with van der Waals surface area (Å²) in [6, 6.07) is 5.10. The van der Waals surface area contributed by atoms with E-state index in [2.05, 4.69) is 10.6 Å². The van der Waals surface area contributed by atoms with E-state index >= 15 is 0 Å². The van der Waals surface area contributed by atoms with Crippen molar-refractivity contribution < 1.29 is 14.7 Å². The van der Waals surface area contributed by atoms with Crippen molar-refractivity contribution in [2.45, 2.75) is 27.2 Å². The molecule has 0 saturated carbocycles. The zero-order valence-electron chi connectivity index (χ0n) is 12.2. The molecule has 0 aliphatic carbocycles. The van der Waals surface area contributed by atoms with E-state index in [0.29, 0.717) is 23.6 Å². The minimum absolute atomic E-state index is 0.0272. The number of nitrogens with one attached hydrogen (secondary N) is 2. The van der Waals surface area contributed by atoms with Crippen LogP contribution in [0.1, 0.15) is 36.2 Å². The van der Waals surface area contributed by atoms with Crippen LogP contribution in [0, 0.1) is 12.8 Å². The summed E-state index contributed by atoms with van der Waals surface area (Å²) in [5, 5.41) is 14.1. The van der Waals surface area contributed by atoms with Crippen molar-refractivity contribution in [3.63, 3.8) is 0 Å². The normalized spacial score (nSPS) is 10.4. The fourth-order valence-corrected chi connectivity index (χ4v) is 1.79. The van der Waals surface area contributed by atoms with Gasteiger partial charge in [0.05, 0.1) is 6.61 Å². The molecule has 0 radical (unpaired) electrons. The number of hydrogen-bond acceptors (Lipinski definition) is 3. The lowest BCUT2D eigenvalue weighted by Gasteiger charge is -2.11. The second-order valence-corrected chi connectivity index (χ2v) is 5.16. The molecule has 5 heteroatoms. The summed E-state index contributed by atoms with van der Waals surface area (Å²) in [7, 11) is 0. The van der Waals surface area contributed by atoms with Gasteiger partial charge in [0.2, 0.25) is 5.91 Å². The van der Waals surface area contributed by atoms with Gasteiger partial charge in [-0.3, -0.25) is 9.59 Å². The Morgan fingerprint density at radius 1 is 1.30 bits per heavy atom. The van der Waals surface area contributed by atoms with Crippen LogP contribution in [0.5, 0.6) is 0 Å². The summed E-state index contributed by atoms with van der Waals surface area (Å²) < 4.78 is 0. The summed E-state index contributed by atoms with van der Waals surface area (Å²) in [5.74, 6) is 0.0432. The minimum atomic E-state index is -0.234. The van der Waals surface area contributed by atoms with Crippen LogP contribution in [-0.2, 0) is 4.79 Å². The van der Waals surface area contributed by atoms with Gasteiger partial charge in [0.1, 0.15) is 0 Å². The number of aryl methyl sites for hydroxylation is 1. The third-order valence-corrected chi connectivity index (χ3v) is 2.75. The molecule has 0 spiro atoms. The fraction of sp³-hybridized carbons (Fsp3) is 0.467.